The second kappa shape index (κ2) is 8.09. The molecule has 0 unspecified atom stereocenters. The lowest BCUT2D eigenvalue weighted by Crippen LogP contribution is -2.30. The minimum Gasteiger partial charge on any atom is -0.478 e. The van der Waals surface area contributed by atoms with Crippen LogP contribution in [-0.4, -0.2) is 41.9 Å². The average molecular weight is 419 g/mol. The highest BCUT2D eigenvalue weighted by Crippen LogP contribution is 2.29. The number of sulfone groups is 1. The number of aromatic carboxylic acids is 1. The molecule has 1 atom stereocenters. The normalized spacial score (nSPS) is 12.6. The van der Waals surface area contributed by atoms with Gasteiger partial charge in [-0.05, 0) is 40.1 Å². The number of rotatable bonds is 8. The first-order valence-electron chi connectivity index (χ1n) is 8.22. The van der Waals surface area contributed by atoms with Crippen LogP contribution in [-0.2, 0) is 20.4 Å². The zero-order chi connectivity index (χ0) is 20.3. The van der Waals surface area contributed by atoms with Gasteiger partial charge < -0.3 is 5.11 Å². The monoisotopic (exact) mass is 419 g/mol. The number of benzene rings is 2. The van der Waals surface area contributed by atoms with E-state index in [1.807, 2.05) is 24.3 Å². The molecule has 0 bridgehead atoms. The molecule has 7 nitrogen and oxygen atoms in total. The van der Waals surface area contributed by atoms with Gasteiger partial charge in [-0.25, -0.2) is 18.3 Å². The lowest BCUT2D eigenvalue weighted by atomic mass is 10.1. The van der Waals surface area contributed by atoms with Crippen LogP contribution in [0, 0.1) is 0 Å². The van der Waals surface area contributed by atoms with Gasteiger partial charge in [-0.2, -0.15) is 0 Å². The molecule has 1 amide bonds. The average Bonchev–Trinajstić information content (AvgIpc) is 3.08. The Bertz CT molecular complexity index is 1100. The summed E-state index contributed by atoms with van der Waals surface area (Å²) in [4.78, 5) is 22.0. The largest absolute Gasteiger partial charge is 0.478 e. The van der Waals surface area contributed by atoms with E-state index in [1.165, 1.54) is 35.6 Å². The molecule has 9 heteroatoms. The molecule has 1 heterocycles. The van der Waals surface area contributed by atoms with Gasteiger partial charge in [0, 0.05) is 4.70 Å². The molecule has 0 aliphatic carbocycles. The lowest BCUT2D eigenvalue weighted by molar-refractivity contribution is -0.158. The van der Waals surface area contributed by atoms with Crippen LogP contribution in [0.2, 0.25) is 0 Å². The summed E-state index contributed by atoms with van der Waals surface area (Å²) in [6.45, 7) is 0. The van der Waals surface area contributed by atoms with Crippen molar-refractivity contribution in [2.45, 2.75) is 11.8 Å². The van der Waals surface area contributed by atoms with Crippen molar-refractivity contribution in [1.29, 1.82) is 0 Å². The van der Waals surface area contributed by atoms with Gasteiger partial charge in [-0.1, -0.05) is 30.3 Å². The Morgan fingerprint density at radius 3 is 2.46 bits per heavy atom. The van der Waals surface area contributed by atoms with Crippen LogP contribution in [0.1, 0.15) is 27.5 Å². The van der Waals surface area contributed by atoms with Gasteiger partial charge in [0.05, 0.1) is 23.1 Å². The molecule has 0 spiro atoms. The number of carbonyl (C=O) groups excluding carboxylic acids is 1. The van der Waals surface area contributed by atoms with E-state index in [0.29, 0.717) is 16.2 Å². The van der Waals surface area contributed by atoms with Crippen molar-refractivity contribution in [3.05, 3.63) is 70.6 Å². The van der Waals surface area contributed by atoms with Crippen LogP contribution < -0.4 is 0 Å². The SMILES string of the molecule is O=CN(O)[C@H](CS(=O)(=O)Cc1csc2ccccc12)c1ccc(C(=O)O)cc1. The highest BCUT2D eigenvalue weighted by atomic mass is 32.2. The third kappa shape index (κ3) is 4.38. The van der Waals surface area contributed by atoms with Crippen LogP contribution in [0.3, 0.4) is 0 Å². The predicted molar refractivity (Wildman–Crippen MR) is 105 cm³/mol. The summed E-state index contributed by atoms with van der Waals surface area (Å²) in [5.74, 6) is -1.86. The van der Waals surface area contributed by atoms with E-state index in [9.17, 15) is 23.2 Å². The third-order valence-electron chi connectivity index (χ3n) is 4.32. The van der Waals surface area contributed by atoms with Gasteiger partial charge in [-0.3, -0.25) is 10.0 Å². The Balaban J connectivity index is 1.87. The number of hydroxylamine groups is 2. The number of nitrogens with zero attached hydrogens (tertiary/aromatic N) is 1. The van der Waals surface area contributed by atoms with Gasteiger partial charge in [-0.15, -0.1) is 11.3 Å². The van der Waals surface area contributed by atoms with Gasteiger partial charge in [0.2, 0.25) is 6.41 Å². The number of carbonyl (C=O) groups is 2. The van der Waals surface area contributed by atoms with Gasteiger partial charge in [0.15, 0.2) is 9.84 Å². The molecule has 0 saturated carbocycles. The maximum Gasteiger partial charge on any atom is 0.335 e. The fraction of sp³-hybridized carbons (Fsp3) is 0.158. The Kier molecular flexibility index (Phi) is 5.78. The van der Waals surface area contributed by atoms with Gasteiger partial charge >= 0.3 is 5.97 Å². The Hall–Kier alpha value is -2.75. The summed E-state index contributed by atoms with van der Waals surface area (Å²) >= 11 is 1.45. The summed E-state index contributed by atoms with van der Waals surface area (Å²) in [6, 6.07) is 11.7. The summed E-state index contributed by atoms with van der Waals surface area (Å²) in [5, 5.41) is 21.8. The first-order chi connectivity index (χ1) is 13.3. The zero-order valence-electron chi connectivity index (χ0n) is 14.6. The van der Waals surface area contributed by atoms with Gasteiger partial charge in [0.1, 0.15) is 0 Å². The van der Waals surface area contributed by atoms with E-state index in [2.05, 4.69) is 0 Å². The van der Waals surface area contributed by atoms with Crippen LogP contribution in [0.5, 0.6) is 0 Å². The minimum atomic E-state index is -3.70. The first kappa shape index (κ1) is 20.0. The topological polar surface area (TPSA) is 112 Å². The van der Waals surface area contributed by atoms with Crippen molar-refractivity contribution in [3.63, 3.8) is 0 Å². The van der Waals surface area contributed by atoms with Crippen LogP contribution in [0.4, 0.5) is 0 Å². The summed E-state index contributed by atoms with van der Waals surface area (Å²) < 4.78 is 26.5. The molecule has 0 aliphatic heterocycles. The summed E-state index contributed by atoms with van der Waals surface area (Å²) in [7, 11) is -3.70. The lowest BCUT2D eigenvalue weighted by Gasteiger charge is -2.23. The fourth-order valence-corrected chi connectivity index (χ4v) is 5.65. The molecular weight excluding hydrogens is 402 g/mol. The zero-order valence-corrected chi connectivity index (χ0v) is 16.2. The predicted octanol–water partition coefficient (Wildman–Crippen LogP) is 3.10. The number of carboxylic acids is 1. The van der Waals surface area contributed by atoms with Crippen molar-refractivity contribution in [3.8, 4) is 0 Å². The number of carboxylic acid groups (broad SMARTS) is 1. The van der Waals surface area contributed by atoms with Crippen molar-refractivity contribution in [2.24, 2.45) is 0 Å². The number of hydrogen-bond acceptors (Lipinski definition) is 6. The van der Waals surface area contributed by atoms with E-state index in [4.69, 9.17) is 5.11 Å². The van der Waals surface area contributed by atoms with Crippen LogP contribution >= 0.6 is 11.3 Å². The van der Waals surface area contributed by atoms with Gasteiger partial charge in [0.25, 0.3) is 0 Å². The molecule has 0 radical (unpaired) electrons. The molecule has 2 aromatic carbocycles. The smallest absolute Gasteiger partial charge is 0.335 e. The molecule has 0 aliphatic rings. The molecule has 146 valence electrons. The van der Waals surface area contributed by atoms with E-state index in [-0.39, 0.29) is 17.7 Å². The molecule has 1 aromatic heterocycles. The quantitative estimate of drug-likeness (QED) is 0.330. The molecule has 0 saturated heterocycles. The Labute approximate surface area is 165 Å². The van der Waals surface area contributed by atoms with E-state index in [0.717, 1.165) is 10.1 Å². The molecule has 0 fully saturated rings. The van der Waals surface area contributed by atoms with Crippen molar-refractivity contribution in [1.82, 2.24) is 5.06 Å². The summed E-state index contributed by atoms with van der Waals surface area (Å²) in [5.41, 5.74) is 1.00. The third-order valence-corrected chi connectivity index (χ3v) is 6.90. The molecule has 3 aromatic rings. The fourth-order valence-electron chi connectivity index (χ4n) is 2.93. The Morgan fingerprint density at radius 2 is 1.82 bits per heavy atom. The summed E-state index contributed by atoms with van der Waals surface area (Å²) in [6.07, 6.45) is 0.130. The van der Waals surface area contributed by atoms with E-state index in [1.54, 1.807) is 5.38 Å². The van der Waals surface area contributed by atoms with E-state index < -0.39 is 27.6 Å². The van der Waals surface area contributed by atoms with Crippen LogP contribution in [0.25, 0.3) is 10.1 Å². The molecule has 3 rings (SSSR count). The van der Waals surface area contributed by atoms with Crippen molar-refractivity contribution >= 4 is 43.6 Å². The minimum absolute atomic E-state index is 0.0192. The maximum absolute atomic E-state index is 12.8. The highest BCUT2D eigenvalue weighted by Gasteiger charge is 2.26. The standard InChI is InChI=1S/C19H17NO6S2/c21-12-20(24)17(13-5-7-14(8-6-13)19(22)23)11-28(25,26)10-15-9-27-18-4-2-1-3-16(15)18/h1-9,12,17,24H,10-11H2,(H,22,23)/t17-/m1/s1. The highest BCUT2D eigenvalue weighted by molar-refractivity contribution is 7.90. The van der Waals surface area contributed by atoms with Crippen molar-refractivity contribution in [2.75, 3.05) is 5.75 Å². The molecule has 28 heavy (non-hydrogen) atoms. The molecular formula is C19H17NO6S2. The number of amides is 1. The van der Waals surface area contributed by atoms with Crippen LogP contribution in [0.15, 0.2) is 53.9 Å². The maximum atomic E-state index is 12.8. The second-order valence-electron chi connectivity index (χ2n) is 6.24. The number of fused-ring (bicyclic) bond motifs is 1. The first-order valence-corrected chi connectivity index (χ1v) is 10.9. The second-order valence-corrected chi connectivity index (χ2v) is 9.26. The number of hydrogen-bond donors (Lipinski definition) is 2. The Morgan fingerprint density at radius 1 is 1.14 bits per heavy atom. The van der Waals surface area contributed by atoms with Crippen molar-refractivity contribution < 1.29 is 28.3 Å². The molecule has 2 N–H and O–H groups in total. The number of thiophene rings is 1. The van der Waals surface area contributed by atoms with E-state index >= 15 is 0 Å².